The average Bonchev–Trinajstić information content (AvgIpc) is 2.49. The summed E-state index contributed by atoms with van der Waals surface area (Å²) in [6.45, 7) is 6.23. The standard InChI is InChI=1S/C15H22N4O/c1-2-16-12-3-6-17-13(9-12)15(20)18-14-10-19-7-4-11(14)5-8-19/h3,6,9,11,14H,2,4-5,7-8,10H2,1H3,(H,16,17)(H,18,20). The van der Waals surface area contributed by atoms with Crippen LogP contribution in [-0.2, 0) is 0 Å². The monoisotopic (exact) mass is 274 g/mol. The number of hydrogen-bond donors (Lipinski definition) is 2. The number of amides is 1. The van der Waals surface area contributed by atoms with E-state index in [1.807, 2.05) is 19.1 Å². The minimum absolute atomic E-state index is 0.0523. The number of rotatable bonds is 4. The predicted octanol–water partition coefficient (Wildman–Crippen LogP) is 1.34. The molecular weight excluding hydrogens is 252 g/mol. The lowest BCUT2D eigenvalue weighted by molar-refractivity contribution is 0.0618. The molecule has 1 aromatic heterocycles. The third kappa shape index (κ3) is 2.77. The Morgan fingerprint density at radius 3 is 2.90 bits per heavy atom. The third-order valence-electron chi connectivity index (χ3n) is 4.35. The number of nitrogens with zero attached hydrogens (tertiary/aromatic N) is 2. The van der Waals surface area contributed by atoms with E-state index in [0.717, 1.165) is 18.8 Å². The molecule has 5 nitrogen and oxygen atoms in total. The first-order valence-electron chi connectivity index (χ1n) is 7.49. The van der Waals surface area contributed by atoms with Crippen molar-refractivity contribution in [1.29, 1.82) is 0 Å². The van der Waals surface area contributed by atoms with Crippen LogP contribution in [0.25, 0.3) is 0 Å². The van der Waals surface area contributed by atoms with Gasteiger partial charge in [0.1, 0.15) is 5.69 Å². The van der Waals surface area contributed by atoms with Crippen LogP contribution in [0.2, 0.25) is 0 Å². The van der Waals surface area contributed by atoms with E-state index >= 15 is 0 Å². The zero-order valence-electron chi connectivity index (χ0n) is 11.9. The van der Waals surface area contributed by atoms with Crippen molar-refractivity contribution in [2.75, 3.05) is 31.5 Å². The summed E-state index contributed by atoms with van der Waals surface area (Å²) in [5.41, 5.74) is 1.45. The fourth-order valence-corrected chi connectivity index (χ4v) is 3.24. The summed E-state index contributed by atoms with van der Waals surface area (Å²) >= 11 is 0. The molecule has 1 aromatic rings. The molecule has 0 aromatic carbocycles. The van der Waals surface area contributed by atoms with E-state index in [1.54, 1.807) is 6.20 Å². The van der Waals surface area contributed by atoms with Gasteiger partial charge >= 0.3 is 0 Å². The van der Waals surface area contributed by atoms with Crippen LogP contribution >= 0.6 is 0 Å². The Kier molecular flexibility index (Phi) is 3.87. The van der Waals surface area contributed by atoms with E-state index in [4.69, 9.17) is 0 Å². The van der Waals surface area contributed by atoms with Crippen LogP contribution in [0.1, 0.15) is 30.3 Å². The van der Waals surface area contributed by atoms with E-state index in [9.17, 15) is 4.79 Å². The van der Waals surface area contributed by atoms with Crippen molar-refractivity contribution in [3.63, 3.8) is 0 Å². The second-order valence-electron chi connectivity index (χ2n) is 5.68. The van der Waals surface area contributed by atoms with Gasteiger partial charge in [-0.2, -0.15) is 0 Å². The normalized spacial score (nSPS) is 28.1. The van der Waals surface area contributed by atoms with Crippen molar-refractivity contribution in [3.05, 3.63) is 24.0 Å². The van der Waals surface area contributed by atoms with Crippen molar-refractivity contribution >= 4 is 11.6 Å². The highest BCUT2D eigenvalue weighted by molar-refractivity contribution is 5.93. The number of aromatic nitrogens is 1. The number of piperidine rings is 3. The molecule has 2 bridgehead atoms. The Balaban J connectivity index is 1.65. The largest absolute Gasteiger partial charge is 0.385 e. The maximum atomic E-state index is 12.3. The summed E-state index contributed by atoms with van der Waals surface area (Å²) in [6.07, 6.45) is 4.09. The Bertz CT molecular complexity index is 483. The highest BCUT2D eigenvalue weighted by atomic mass is 16.2. The van der Waals surface area contributed by atoms with Gasteiger partial charge in [0.15, 0.2) is 0 Å². The zero-order valence-corrected chi connectivity index (χ0v) is 11.9. The summed E-state index contributed by atoms with van der Waals surface area (Å²) in [7, 11) is 0. The molecule has 0 aliphatic carbocycles. The van der Waals surface area contributed by atoms with Gasteiger partial charge in [-0.3, -0.25) is 9.78 Å². The maximum Gasteiger partial charge on any atom is 0.270 e. The molecule has 4 rings (SSSR count). The molecule has 0 spiro atoms. The summed E-state index contributed by atoms with van der Waals surface area (Å²) in [5, 5.41) is 6.37. The highest BCUT2D eigenvalue weighted by Gasteiger charge is 2.35. The molecule has 1 atom stereocenters. The number of nitrogens with one attached hydrogen (secondary N) is 2. The minimum atomic E-state index is -0.0523. The fraction of sp³-hybridized carbons (Fsp3) is 0.600. The Morgan fingerprint density at radius 1 is 1.45 bits per heavy atom. The maximum absolute atomic E-state index is 12.3. The van der Waals surface area contributed by atoms with Gasteiger partial charge < -0.3 is 15.5 Å². The van der Waals surface area contributed by atoms with Gasteiger partial charge in [0.2, 0.25) is 0 Å². The van der Waals surface area contributed by atoms with E-state index in [0.29, 0.717) is 11.6 Å². The van der Waals surface area contributed by atoms with E-state index in [1.165, 1.54) is 25.9 Å². The molecule has 3 fully saturated rings. The first-order chi connectivity index (χ1) is 9.76. The molecule has 3 aliphatic rings. The number of carbonyl (C=O) groups is 1. The van der Waals surface area contributed by atoms with Gasteiger partial charge in [0.05, 0.1) is 0 Å². The van der Waals surface area contributed by atoms with Gasteiger partial charge in [0.25, 0.3) is 5.91 Å². The molecule has 1 amide bonds. The van der Waals surface area contributed by atoms with Crippen LogP contribution < -0.4 is 10.6 Å². The Morgan fingerprint density at radius 2 is 2.25 bits per heavy atom. The third-order valence-corrected chi connectivity index (χ3v) is 4.35. The van der Waals surface area contributed by atoms with E-state index in [-0.39, 0.29) is 11.9 Å². The van der Waals surface area contributed by atoms with Gasteiger partial charge in [-0.05, 0) is 50.9 Å². The van der Waals surface area contributed by atoms with Gasteiger partial charge in [-0.15, -0.1) is 0 Å². The lowest BCUT2D eigenvalue weighted by Crippen LogP contribution is -2.57. The van der Waals surface area contributed by atoms with Crippen LogP contribution in [-0.4, -0.2) is 48.0 Å². The van der Waals surface area contributed by atoms with Crippen LogP contribution in [0.15, 0.2) is 18.3 Å². The number of anilines is 1. The SMILES string of the molecule is CCNc1ccnc(C(=O)NC2CN3CCC2CC3)c1. The fourth-order valence-electron chi connectivity index (χ4n) is 3.24. The molecule has 20 heavy (non-hydrogen) atoms. The lowest BCUT2D eigenvalue weighted by atomic mass is 9.84. The molecule has 0 radical (unpaired) electrons. The minimum Gasteiger partial charge on any atom is -0.385 e. The van der Waals surface area contributed by atoms with Crippen molar-refractivity contribution in [3.8, 4) is 0 Å². The van der Waals surface area contributed by atoms with Crippen molar-refractivity contribution in [2.24, 2.45) is 5.92 Å². The quantitative estimate of drug-likeness (QED) is 0.870. The summed E-state index contributed by atoms with van der Waals surface area (Å²) in [4.78, 5) is 18.9. The molecule has 0 saturated carbocycles. The molecule has 1 unspecified atom stereocenters. The molecule has 2 N–H and O–H groups in total. The predicted molar refractivity (Wildman–Crippen MR) is 78.8 cm³/mol. The van der Waals surface area contributed by atoms with Gasteiger partial charge in [0, 0.05) is 31.0 Å². The second-order valence-corrected chi connectivity index (χ2v) is 5.68. The number of fused-ring (bicyclic) bond motifs is 3. The second kappa shape index (κ2) is 5.79. The first kappa shape index (κ1) is 13.4. The molecule has 3 aliphatic heterocycles. The Labute approximate surface area is 119 Å². The number of carbonyl (C=O) groups excluding carboxylic acids is 1. The average molecular weight is 274 g/mol. The van der Waals surface area contributed by atoms with Crippen molar-refractivity contribution in [2.45, 2.75) is 25.8 Å². The summed E-state index contributed by atoms with van der Waals surface area (Å²) in [5.74, 6) is 0.587. The highest BCUT2D eigenvalue weighted by Crippen LogP contribution is 2.27. The number of pyridine rings is 1. The molecule has 108 valence electrons. The smallest absolute Gasteiger partial charge is 0.270 e. The first-order valence-corrected chi connectivity index (χ1v) is 7.49. The van der Waals surface area contributed by atoms with Crippen LogP contribution in [0.5, 0.6) is 0 Å². The number of hydrogen-bond acceptors (Lipinski definition) is 4. The summed E-state index contributed by atoms with van der Waals surface area (Å²) in [6, 6.07) is 3.99. The van der Waals surface area contributed by atoms with E-state index < -0.39 is 0 Å². The molecular formula is C15H22N4O. The van der Waals surface area contributed by atoms with Crippen molar-refractivity contribution < 1.29 is 4.79 Å². The van der Waals surface area contributed by atoms with Gasteiger partial charge in [-0.1, -0.05) is 0 Å². The van der Waals surface area contributed by atoms with E-state index in [2.05, 4.69) is 20.5 Å². The van der Waals surface area contributed by atoms with Crippen LogP contribution in [0.4, 0.5) is 5.69 Å². The van der Waals surface area contributed by atoms with Crippen LogP contribution in [0.3, 0.4) is 0 Å². The molecule has 5 heteroatoms. The lowest BCUT2D eigenvalue weighted by Gasteiger charge is -2.44. The van der Waals surface area contributed by atoms with Crippen molar-refractivity contribution in [1.82, 2.24) is 15.2 Å². The molecule has 4 heterocycles. The molecule has 3 saturated heterocycles. The topological polar surface area (TPSA) is 57.3 Å². The van der Waals surface area contributed by atoms with Gasteiger partial charge in [-0.25, -0.2) is 0 Å². The van der Waals surface area contributed by atoms with Crippen LogP contribution in [0, 0.1) is 5.92 Å². The summed E-state index contributed by atoms with van der Waals surface area (Å²) < 4.78 is 0. The zero-order chi connectivity index (χ0) is 13.9. The Hall–Kier alpha value is -1.62.